The summed E-state index contributed by atoms with van der Waals surface area (Å²) < 4.78 is 2.02. The van der Waals surface area contributed by atoms with Gasteiger partial charge in [0.15, 0.2) is 5.82 Å². The van der Waals surface area contributed by atoms with E-state index in [2.05, 4.69) is 34.1 Å². The summed E-state index contributed by atoms with van der Waals surface area (Å²) in [6.07, 6.45) is 1.85. The molecule has 1 N–H and O–H groups in total. The summed E-state index contributed by atoms with van der Waals surface area (Å²) in [5.74, 6) is 0.0998. The molecule has 1 aliphatic heterocycles. The molecular weight excluding hydrogens is 278 g/mol. The van der Waals surface area contributed by atoms with Gasteiger partial charge in [-0.15, -0.1) is 10.2 Å². The first-order chi connectivity index (χ1) is 9.61. The van der Waals surface area contributed by atoms with E-state index in [0.717, 1.165) is 44.8 Å². The predicted octanol–water partition coefficient (Wildman–Crippen LogP) is 0.291. The van der Waals surface area contributed by atoms with Crippen molar-refractivity contribution in [3.63, 3.8) is 0 Å². The Labute approximate surface area is 122 Å². The number of aliphatic carboxylic acids is 1. The molecule has 0 unspecified atom stereocenters. The Bertz CT molecular complexity index is 457. The molecule has 0 radical (unpaired) electrons. The van der Waals surface area contributed by atoms with E-state index in [1.54, 1.807) is 0 Å². The van der Waals surface area contributed by atoms with Crippen LogP contribution in [0.3, 0.4) is 0 Å². The molecule has 1 fully saturated rings. The fourth-order valence-corrected chi connectivity index (χ4v) is 2.87. The van der Waals surface area contributed by atoms with Crippen LogP contribution in [0.4, 0.5) is 0 Å². The van der Waals surface area contributed by atoms with E-state index in [1.807, 2.05) is 4.68 Å². The first kappa shape index (κ1) is 15.1. The second-order valence-corrected chi connectivity index (χ2v) is 5.84. The molecule has 0 amide bonds. The van der Waals surface area contributed by atoms with Crippen molar-refractivity contribution in [1.82, 2.24) is 19.8 Å². The lowest BCUT2D eigenvalue weighted by molar-refractivity contribution is -0.133. The second-order valence-electron chi connectivity index (χ2n) is 4.90. The Morgan fingerprint density at radius 2 is 2.00 bits per heavy atom. The highest BCUT2D eigenvalue weighted by Gasteiger charge is 2.21. The highest BCUT2D eigenvalue weighted by atomic mass is 32.2. The number of hydrogen-bond donors (Lipinski definition) is 1. The van der Waals surface area contributed by atoms with Crippen LogP contribution in [0.5, 0.6) is 0 Å². The van der Waals surface area contributed by atoms with E-state index in [-0.39, 0.29) is 5.75 Å². The molecule has 1 aromatic rings. The number of piperazine rings is 1. The zero-order valence-corrected chi connectivity index (χ0v) is 12.8. The molecule has 2 rings (SSSR count). The van der Waals surface area contributed by atoms with Gasteiger partial charge in [0.25, 0.3) is 0 Å². The number of likely N-dealkylation sites (N-methyl/N-ethyl adjacent to an activating group) is 1. The van der Waals surface area contributed by atoms with Crippen LogP contribution in [0, 0.1) is 0 Å². The van der Waals surface area contributed by atoms with Crippen LogP contribution in [0.15, 0.2) is 5.16 Å². The quantitative estimate of drug-likeness (QED) is 0.757. The van der Waals surface area contributed by atoms with Crippen molar-refractivity contribution < 1.29 is 9.90 Å². The van der Waals surface area contributed by atoms with Crippen molar-refractivity contribution in [3.8, 4) is 0 Å². The molecule has 0 spiro atoms. The number of carboxylic acid groups (broad SMARTS) is 1. The average Bonchev–Trinajstić information content (AvgIpc) is 2.81. The van der Waals surface area contributed by atoms with Gasteiger partial charge in [0.1, 0.15) is 0 Å². The summed E-state index contributed by atoms with van der Waals surface area (Å²) in [5, 5.41) is 20.1. The van der Waals surface area contributed by atoms with Crippen molar-refractivity contribution in [3.05, 3.63) is 5.82 Å². The van der Waals surface area contributed by atoms with Crippen LogP contribution in [-0.4, -0.2) is 69.8 Å². The van der Waals surface area contributed by atoms with E-state index in [0.29, 0.717) is 5.16 Å². The van der Waals surface area contributed by atoms with Crippen LogP contribution in [0.1, 0.15) is 19.2 Å². The lowest BCUT2D eigenvalue weighted by atomic mass is 10.3. The molecule has 1 aliphatic rings. The molecule has 112 valence electrons. The fourth-order valence-electron chi connectivity index (χ4n) is 2.17. The lowest BCUT2D eigenvalue weighted by Gasteiger charge is -2.35. The first-order valence-electron chi connectivity index (χ1n) is 6.84. The standard InChI is InChI=1S/C12H21N5O2S/c1-3-4-10-13-14-12(20-9-11(18)19)17(10)16-7-5-15(2)6-8-16/h3-9H2,1-2H3,(H,18,19). The van der Waals surface area contributed by atoms with Crippen molar-refractivity contribution in [2.24, 2.45) is 0 Å². The maximum Gasteiger partial charge on any atom is 0.313 e. The lowest BCUT2D eigenvalue weighted by Crippen LogP contribution is -2.50. The first-order valence-corrected chi connectivity index (χ1v) is 7.83. The summed E-state index contributed by atoms with van der Waals surface area (Å²) in [4.78, 5) is 13.0. The predicted molar refractivity (Wildman–Crippen MR) is 77.8 cm³/mol. The molecule has 1 aromatic heterocycles. The maximum atomic E-state index is 10.7. The van der Waals surface area contributed by atoms with Gasteiger partial charge < -0.3 is 15.0 Å². The zero-order valence-electron chi connectivity index (χ0n) is 11.9. The van der Waals surface area contributed by atoms with Gasteiger partial charge >= 0.3 is 5.97 Å². The van der Waals surface area contributed by atoms with Gasteiger partial charge in [-0.3, -0.25) is 4.79 Å². The monoisotopic (exact) mass is 299 g/mol. The smallest absolute Gasteiger partial charge is 0.313 e. The van der Waals surface area contributed by atoms with Gasteiger partial charge in [-0.05, 0) is 13.5 Å². The van der Waals surface area contributed by atoms with E-state index in [9.17, 15) is 4.79 Å². The van der Waals surface area contributed by atoms with Gasteiger partial charge in [-0.1, -0.05) is 18.7 Å². The Balaban J connectivity index is 2.17. The summed E-state index contributed by atoms with van der Waals surface area (Å²) in [5.41, 5.74) is 0. The van der Waals surface area contributed by atoms with Crippen LogP contribution in [-0.2, 0) is 11.2 Å². The third-order valence-corrected chi connectivity index (χ3v) is 4.14. The van der Waals surface area contributed by atoms with Gasteiger partial charge in [0.05, 0.1) is 5.75 Å². The molecule has 7 nitrogen and oxygen atoms in total. The second kappa shape index (κ2) is 6.94. The van der Waals surface area contributed by atoms with Gasteiger partial charge in [-0.25, -0.2) is 4.68 Å². The Morgan fingerprint density at radius 1 is 1.30 bits per heavy atom. The van der Waals surface area contributed by atoms with Crippen LogP contribution in [0.2, 0.25) is 0 Å². The Hall–Kier alpha value is -1.28. The number of carbonyl (C=O) groups is 1. The Morgan fingerprint density at radius 3 is 2.60 bits per heavy atom. The van der Waals surface area contributed by atoms with Crippen molar-refractivity contribution >= 4 is 17.7 Å². The van der Waals surface area contributed by atoms with Crippen molar-refractivity contribution in [2.75, 3.05) is 44.0 Å². The minimum atomic E-state index is -0.833. The summed E-state index contributed by atoms with van der Waals surface area (Å²) in [6, 6.07) is 0. The maximum absolute atomic E-state index is 10.7. The number of hydrogen-bond acceptors (Lipinski definition) is 6. The van der Waals surface area contributed by atoms with E-state index >= 15 is 0 Å². The van der Waals surface area contributed by atoms with Crippen LogP contribution in [0.25, 0.3) is 0 Å². The Kier molecular flexibility index (Phi) is 5.24. The largest absolute Gasteiger partial charge is 0.481 e. The minimum Gasteiger partial charge on any atom is -0.481 e. The normalized spacial score (nSPS) is 16.6. The number of aryl methyl sites for hydroxylation is 1. The third-order valence-electron chi connectivity index (χ3n) is 3.24. The van der Waals surface area contributed by atoms with Crippen molar-refractivity contribution in [1.29, 1.82) is 0 Å². The zero-order chi connectivity index (χ0) is 14.5. The van der Waals surface area contributed by atoms with Gasteiger partial charge in [0, 0.05) is 32.6 Å². The molecule has 0 saturated carbocycles. The van der Waals surface area contributed by atoms with Gasteiger partial charge in [0.2, 0.25) is 5.16 Å². The number of carboxylic acids is 1. The molecule has 0 aromatic carbocycles. The molecule has 20 heavy (non-hydrogen) atoms. The minimum absolute atomic E-state index is 0.0119. The fraction of sp³-hybridized carbons (Fsp3) is 0.750. The van der Waals surface area contributed by atoms with Crippen LogP contribution >= 0.6 is 11.8 Å². The van der Waals surface area contributed by atoms with E-state index in [4.69, 9.17) is 5.11 Å². The topological polar surface area (TPSA) is 74.5 Å². The number of aromatic nitrogens is 3. The molecule has 1 saturated heterocycles. The highest BCUT2D eigenvalue weighted by molar-refractivity contribution is 7.99. The summed E-state index contributed by atoms with van der Waals surface area (Å²) in [7, 11) is 2.11. The molecule has 0 atom stereocenters. The van der Waals surface area contributed by atoms with E-state index in [1.165, 1.54) is 11.8 Å². The molecular formula is C12H21N5O2S. The number of rotatable bonds is 6. The number of thioether (sulfide) groups is 1. The van der Waals surface area contributed by atoms with Gasteiger partial charge in [-0.2, -0.15) is 0 Å². The van der Waals surface area contributed by atoms with Crippen LogP contribution < -0.4 is 5.01 Å². The SMILES string of the molecule is CCCc1nnc(SCC(=O)O)n1N1CCN(C)CC1. The summed E-state index contributed by atoms with van der Waals surface area (Å²) >= 11 is 1.23. The molecule has 0 aliphatic carbocycles. The highest BCUT2D eigenvalue weighted by Crippen LogP contribution is 2.19. The number of nitrogens with zero attached hydrogens (tertiary/aromatic N) is 5. The average molecular weight is 299 g/mol. The summed E-state index contributed by atoms with van der Waals surface area (Å²) in [6.45, 7) is 5.91. The third kappa shape index (κ3) is 3.63. The van der Waals surface area contributed by atoms with Crippen molar-refractivity contribution in [2.45, 2.75) is 24.9 Å². The molecule has 0 bridgehead atoms. The molecule has 8 heteroatoms. The molecule has 2 heterocycles. The van der Waals surface area contributed by atoms with E-state index < -0.39 is 5.97 Å².